The predicted octanol–water partition coefficient (Wildman–Crippen LogP) is 2.29. The van der Waals surface area contributed by atoms with E-state index in [0.29, 0.717) is 9.75 Å². The molecule has 0 saturated carbocycles. The summed E-state index contributed by atoms with van der Waals surface area (Å²) in [5, 5.41) is 14.8. The SMILES string of the molecule is CN1CCC(OC(=O)C(O)(c2cccs2)c2cccs2)C1. The van der Waals surface area contributed by atoms with Crippen LogP contribution in [0.1, 0.15) is 16.2 Å². The van der Waals surface area contributed by atoms with Crippen molar-refractivity contribution < 1.29 is 14.6 Å². The van der Waals surface area contributed by atoms with Crippen LogP contribution >= 0.6 is 22.7 Å². The molecule has 2 aromatic rings. The van der Waals surface area contributed by atoms with Crippen LogP contribution in [0.2, 0.25) is 0 Å². The fraction of sp³-hybridized carbons (Fsp3) is 0.400. The lowest BCUT2D eigenvalue weighted by Crippen LogP contribution is -2.39. The number of hydrogen-bond donors (Lipinski definition) is 1. The van der Waals surface area contributed by atoms with Gasteiger partial charge in [0.05, 0.1) is 9.75 Å². The Morgan fingerprint density at radius 1 is 1.33 bits per heavy atom. The summed E-state index contributed by atoms with van der Waals surface area (Å²) in [6, 6.07) is 7.20. The number of aliphatic hydroxyl groups is 1. The second kappa shape index (κ2) is 5.88. The van der Waals surface area contributed by atoms with Gasteiger partial charge in [-0.2, -0.15) is 0 Å². The number of likely N-dealkylation sites (tertiary alicyclic amines) is 1. The van der Waals surface area contributed by atoms with Crippen LogP contribution in [0.5, 0.6) is 0 Å². The van der Waals surface area contributed by atoms with E-state index in [1.807, 2.05) is 29.9 Å². The highest BCUT2D eigenvalue weighted by Gasteiger charge is 2.45. The minimum absolute atomic E-state index is 0.144. The van der Waals surface area contributed by atoms with Gasteiger partial charge in [0.2, 0.25) is 5.60 Å². The summed E-state index contributed by atoms with van der Waals surface area (Å²) in [5.74, 6) is -0.576. The summed E-state index contributed by atoms with van der Waals surface area (Å²) < 4.78 is 5.58. The highest BCUT2D eigenvalue weighted by atomic mass is 32.1. The molecule has 0 aromatic carbocycles. The van der Waals surface area contributed by atoms with Gasteiger partial charge < -0.3 is 14.7 Å². The number of hydrogen-bond acceptors (Lipinski definition) is 6. The number of carbonyl (C=O) groups is 1. The first-order chi connectivity index (χ1) is 10.1. The van der Waals surface area contributed by atoms with Gasteiger partial charge in [-0.3, -0.25) is 0 Å². The zero-order chi connectivity index (χ0) is 14.9. The Balaban J connectivity index is 1.87. The molecule has 3 rings (SSSR count). The Morgan fingerprint density at radius 2 is 1.95 bits per heavy atom. The molecule has 3 heterocycles. The van der Waals surface area contributed by atoms with Crippen molar-refractivity contribution in [3.05, 3.63) is 44.8 Å². The van der Waals surface area contributed by atoms with Gasteiger partial charge in [0.25, 0.3) is 0 Å². The van der Waals surface area contributed by atoms with Crippen molar-refractivity contribution in [2.75, 3.05) is 20.1 Å². The second-order valence-corrected chi connectivity index (χ2v) is 7.14. The molecule has 21 heavy (non-hydrogen) atoms. The molecule has 1 aliphatic rings. The van der Waals surface area contributed by atoms with Gasteiger partial charge in [-0.25, -0.2) is 4.79 Å². The van der Waals surface area contributed by atoms with E-state index in [4.69, 9.17) is 4.74 Å². The van der Waals surface area contributed by atoms with Crippen LogP contribution in [0.3, 0.4) is 0 Å². The summed E-state index contributed by atoms with van der Waals surface area (Å²) in [6.45, 7) is 1.63. The summed E-state index contributed by atoms with van der Waals surface area (Å²) in [6.07, 6.45) is 0.668. The smallest absolute Gasteiger partial charge is 0.349 e. The van der Waals surface area contributed by atoms with Gasteiger partial charge in [0.15, 0.2) is 0 Å². The van der Waals surface area contributed by atoms with E-state index in [0.717, 1.165) is 19.5 Å². The van der Waals surface area contributed by atoms with E-state index in [1.165, 1.54) is 22.7 Å². The molecule has 1 aliphatic heterocycles. The van der Waals surface area contributed by atoms with Crippen LogP contribution in [0.25, 0.3) is 0 Å². The lowest BCUT2D eigenvalue weighted by Gasteiger charge is -2.25. The van der Waals surface area contributed by atoms with E-state index >= 15 is 0 Å². The van der Waals surface area contributed by atoms with Crippen LogP contribution in [-0.2, 0) is 15.1 Å². The van der Waals surface area contributed by atoms with Crippen LogP contribution in [0.4, 0.5) is 0 Å². The molecular formula is C15H17NO3S2. The summed E-state index contributed by atoms with van der Waals surface area (Å²) in [7, 11) is 2.00. The standard InChI is InChI=1S/C15H17NO3S2/c1-16-7-6-11(10-16)19-14(17)15(18,12-4-2-8-20-12)13-5-3-9-21-13/h2-5,8-9,11,18H,6-7,10H2,1H3. The first kappa shape index (κ1) is 14.7. The van der Waals surface area contributed by atoms with Gasteiger partial charge in [-0.15, -0.1) is 22.7 Å². The largest absolute Gasteiger partial charge is 0.458 e. The second-order valence-electron chi connectivity index (χ2n) is 5.24. The van der Waals surface area contributed by atoms with E-state index in [9.17, 15) is 9.90 Å². The highest BCUT2D eigenvalue weighted by molar-refractivity contribution is 7.12. The minimum atomic E-state index is -1.69. The van der Waals surface area contributed by atoms with Crippen molar-refractivity contribution in [3.8, 4) is 0 Å². The third-order valence-electron chi connectivity index (χ3n) is 3.67. The quantitative estimate of drug-likeness (QED) is 0.877. The molecule has 1 atom stereocenters. The first-order valence-corrected chi connectivity index (χ1v) is 8.56. The molecule has 0 bridgehead atoms. The molecule has 1 saturated heterocycles. The summed E-state index contributed by atoms with van der Waals surface area (Å²) in [4.78, 5) is 16.0. The molecule has 6 heteroatoms. The molecule has 112 valence electrons. The molecule has 1 N–H and O–H groups in total. The van der Waals surface area contributed by atoms with Crippen LogP contribution in [-0.4, -0.2) is 42.2 Å². The number of nitrogens with zero attached hydrogens (tertiary/aromatic N) is 1. The fourth-order valence-corrected chi connectivity index (χ4v) is 4.23. The van der Waals surface area contributed by atoms with Crippen molar-refractivity contribution in [2.45, 2.75) is 18.1 Å². The van der Waals surface area contributed by atoms with Crippen LogP contribution in [0, 0.1) is 0 Å². The Hall–Kier alpha value is -1.21. The summed E-state index contributed by atoms with van der Waals surface area (Å²) in [5.41, 5.74) is -1.69. The highest BCUT2D eigenvalue weighted by Crippen LogP contribution is 2.37. The average Bonchev–Trinajstić information content (AvgIpc) is 3.20. The van der Waals surface area contributed by atoms with Crippen LogP contribution < -0.4 is 0 Å². The number of esters is 1. The maximum Gasteiger partial charge on any atom is 0.349 e. The van der Waals surface area contributed by atoms with Gasteiger partial charge in [-0.05, 0) is 36.4 Å². The van der Waals surface area contributed by atoms with Crippen molar-refractivity contribution in [1.29, 1.82) is 0 Å². The number of likely N-dealkylation sites (N-methyl/N-ethyl adjacent to an activating group) is 1. The zero-order valence-electron chi connectivity index (χ0n) is 11.7. The van der Waals surface area contributed by atoms with Crippen molar-refractivity contribution in [1.82, 2.24) is 4.90 Å². The molecule has 0 aliphatic carbocycles. The maximum absolute atomic E-state index is 12.6. The van der Waals surface area contributed by atoms with E-state index in [2.05, 4.69) is 4.90 Å². The number of carbonyl (C=O) groups excluding carboxylic acids is 1. The Labute approximate surface area is 131 Å². The lowest BCUT2D eigenvalue weighted by molar-refractivity contribution is -0.166. The van der Waals surface area contributed by atoms with E-state index in [1.54, 1.807) is 12.1 Å². The topological polar surface area (TPSA) is 49.8 Å². The molecule has 0 amide bonds. The van der Waals surface area contributed by atoms with Crippen molar-refractivity contribution in [3.63, 3.8) is 0 Å². The number of rotatable bonds is 4. The van der Waals surface area contributed by atoms with Gasteiger partial charge >= 0.3 is 5.97 Å². The normalized spacial score (nSPS) is 19.8. The van der Waals surface area contributed by atoms with E-state index < -0.39 is 11.6 Å². The molecule has 1 unspecified atom stereocenters. The summed E-state index contributed by atoms with van der Waals surface area (Å²) >= 11 is 2.72. The zero-order valence-corrected chi connectivity index (χ0v) is 13.3. The van der Waals surface area contributed by atoms with Gasteiger partial charge in [0.1, 0.15) is 6.10 Å². The predicted molar refractivity (Wildman–Crippen MR) is 83.6 cm³/mol. The minimum Gasteiger partial charge on any atom is -0.458 e. The molecule has 2 aromatic heterocycles. The lowest BCUT2D eigenvalue weighted by atomic mass is 10.00. The molecule has 0 radical (unpaired) electrons. The number of thiophene rings is 2. The average molecular weight is 323 g/mol. The Morgan fingerprint density at radius 3 is 2.38 bits per heavy atom. The third kappa shape index (κ3) is 2.76. The Bertz CT molecular complexity index is 560. The first-order valence-electron chi connectivity index (χ1n) is 6.80. The molecule has 0 spiro atoms. The molecule has 1 fully saturated rings. The van der Waals surface area contributed by atoms with Crippen molar-refractivity contribution in [2.24, 2.45) is 0 Å². The van der Waals surface area contributed by atoms with Crippen LogP contribution in [0.15, 0.2) is 35.0 Å². The molecule has 4 nitrogen and oxygen atoms in total. The van der Waals surface area contributed by atoms with Crippen molar-refractivity contribution >= 4 is 28.6 Å². The monoisotopic (exact) mass is 323 g/mol. The van der Waals surface area contributed by atoms with Gasteiger partial charge in [-0.1, -0.05) is 12.1 Å². The molecular weight excluding hydrogens is 306 g/mol. The Kier molecular flexibility index (Phi) is 4.12. The number of ether oxygens (including phenoxy) is 1. The van der Waals surface area contributed by atoms with E-state index in [-0.39, 0.29) is 6.10 Å². The van der Waals surface area contributed by atoms with Gasteiger partial charge in [0, 0.05) is 13.1 Å². The maximum atomic E-state index is 12.6. The third-order valence-corrected chi connectivity index (χ3v) is 5.63. The fourth-order valence-electron chi connectivity index (χ4n) is 2.52.